The van der Waals surface area contributed by atoms with Crippen molar-refractivity contribution in [2.24, 2.45) is 0 Å². The summed E-state index contributed by atoms with van der Waals surface area (Å²) in [5.41, 5.74) is 6.30. The molecule has 0 amide bonds. The van der Waals surface area contributed by atoms with Crippen LogP contribution in [0.1, 0.15) is 31.2 Å². The normalized spacial score (nSPS) is 11.6. The summed E-state index contributed by atoms with van der Waals surface area (Å²) in [6, 6.07) is 10.8. The molecular formula is C22H27N5O. The number of ether oxygens (including phenoxy) is 1. The molecular weight excluding hydrogens is 350 g/mol. The average Bonchev–Trinajstić information content (AvgIpc) is 3.28. The highest BCUT2D eigenvalue weighted by molar-refractivity contribution is 5.94. The number of fused-ring (bicyclic) bond motifs is 2. The lowest BCUT2D eigenvalue weighted by atomic mass is 10.1. The van der Waals surface area contributed by atoms with Crippen LogP contribution in [0.2, 0.25) is 0 Å². The van der Waals surface area contributed by atoms with Crippen LogP contribution in [-0.2, 0) is 11.3 Å². The monoisotopic (exact) mass is 377 g/mol. The number of aromatic nitrogens is 4. The Kier molecular flexibility index (Phi) is 5.69. The summed E-state index contributed by atoms with van der Waals surface area (Å²) in [6.07, 6.45) is 3.93. The molecule has 0 unspecified atom stereocenters. The highest BCUT2D eigenvalue weighted by atomic mass is 16.5. The second-order valence-electron chi connectivity index (χ2n) is 7.13. The number of nitrogens with zero attached hydrogens (tertiary/aromatic N) is 2. The minimum atomic E-state index is 0.751. The van der Waals surface area contributed by atoms with Gasteiger partial charge in [-0.3, -0.25) is 0 Å². The van der Waals surface area contributed by atoms with Crippen molar-refractivity contribution < 1.29 is 4.74 Å². The number of H-pyrrole nitrogens is 2. The molecule has 0 spiro atoms. The molecule has 4 rings (SSSR count). The molecule has 0 saturated heterocycles. The van der Waals surface area contributed by atoms with Crippen LogP contribution in [0.25, 0.3) is 33.3 Å². The lowest BCUT2D eigenvalue weighted by Gasteiger charge is -2.06. The molecule has 6 nitrogen and oxygen atoms in total. The minimum Gasteiger partial charge on any atom is -0.381 e. The Labute approximate surface area is 164 Å². The predicted molar refractivity (Wildman–Crippen MR) is 113 cm³/mol. The van der Waals surface area contributed by atoms with Crippen molar-refractivity contribution in [3.8, 4) is 11.3 Å². The first-order valence-corrected chi connectivity index (χ1v) is 9.96. The van der Waals surface area contributed by atoms with E-state index in [0.29, 0.717) is 0 Å². The standard InChI is InChI=1S/C22H27N5O/c1-3-10-28-11-4-8-23-14-16-5-6-19-17(12-16)13-20(27-19)18-7-9-24-22-21(18)25-15(2)26-22/h5-7,9,12-13,23,27H,3-4,8,10-11,14H2,1-2H3,(H,24,25,26). The largest absolute Gasteiger partial charge is 0.381 e. The van der Waals surface area contributed by atoms with E-state index < -0.39 is 0 Å². The third-order valence-corrected chi connectivity index (χ3v) is 4.81. The second-order valence-corrected chi connectivity index (χ2v) is 7.13. The first-order valence-electron chi connectivity index (χ1n) is 9.96. The summed E-state index contributed by atoms with van der Waals surface area (Å²) in [5.74, 6) is 0.875. The molecule has 4 aromatic rings. The molecule has 0 bridgehead atoms. The molecule has 6 heteroatoms. The molecule has 0 aliphatic rings. The average molecular weight is 377 g/mol. The molecule has 3 N–H and O–H groups in total. The number of nitrogens with one attached hydrogen (secondary N) is 3. The van der Waals surface area contributed by atoms with Crippen LogP contribution in [-0.4, -0.2) is 39.7 Å². The quantitative estimate of drug-likeness (QED) is 0.380. The molecule has 0 fully saturated rings. The van der Waals surface area contributed by atoms with E-state index in [9.17, 15) is 0 Å². The molecule has 0 aliphatic carbocycles. The van der Waals surface area contributed by atoms with Gasteiger partial charge >= 0.3 is 0 Å². The summed E-state index contributed by atoms with van der Waals surface area (Å²) in [4.78, 5) is 15.6. The van der Waals surface area contributed by atoms with Gasteiger partial charge in [-0.05, 0) is 56.1 Å². The van der Waals surface area contributed by atoms with Crippen molar-refractivity contribution in [2.45, 2.75) is 33.2 Å². The van der Waals surface area contributed by atoms with Crippen molar-refractivity contribution in [2.75, 3.05) is 19.8 Å². The Balaban J connectivity index is 1.46. The third kappa shape index (κ3) is 4.08. The second kappa shape index (κ2) is 8.54. The molecule has 1 aromatic carbocycles. The Morgan fingerprint density at radius 1 is 1.11 bits per heavy atom. The topological polar surface area (TPSA) is 78.6 Å². The molecule has 3 heterocycles. The zero-order chi connectivity index (χ0) is 19.3. The summed E-state index contributed by atoms with van der Waals surface area (Å²) >= 11 is 0. The maximum atomic E-state index is 5.51. The van der Waals surface area contributed by atoms with Crippen LogP contribution in [0, 0.1) is 6.92 Å². The van der Waals surface area contributed by atoms with E-state index in [4.69, 9.17) is 4.74 Å². The van der Waals surface area contributed by atoms with Crippen molar-refractivity contribution in [1.29, 1.82) is 0 Å². The number of benzene rings is 1. The van der Waals surface area contributed by atoms with Gasteiger partial charge < -0.3 is 20.0 Å². The van der Waals surface area contributed by atoms with Gasteiger partial charge in [-0.2, -0.15) is 0 Å². The van der Waals surface area contributed by atoms with Gasteiger partial charge in [0.25, 0.3) is 0 Å². The van der Waals surface area contributed by atoms with Gasteiger partial charge in [-0.15, -0.1) is 0 Å². The van der Waals surface area contributed by atoms with Crippen LogP contribution in [0.4, 0.5) is 0 Å². The highest BCUT2D eigenvalue weighted by Gasteiger charge is 2.11. The van der Waals surface area contributed by atoms with Crippen LogP contribution in [0.3, 0.4) is 0 Å². The number of imidazole rings is 1. The lowest BCUT2D eigenvalue weighted by Crippen LogP contribution is -2.16. The fraction of sp³-hybridized carbons (Fsp3) is 0.364. The van der Waals surface area contributed by atoms with Crippen LogP contribution < -0.4 is 5.32 Å². The van der Waals surface area contributed by atoms with Gasteiger partial charge in [0.15, 0.2) is 5.65 Å². The molecule has 0 radical (unpaired) electrons. The fourth-order valence-corrected chi connectivity index (χ4v) is 3.47. The summed E-state index contributed by atoms with van der Waals surface area (Å²) in [5, 5.41) is 4.71. The van der Waals surface area contributed by atoms with Gasteiger partial charge in [0.05, 0.1) is 5.52 Å². The molecule has 28 heavy (non-hydrogen) atoms. The van der Waals surface area contributed by atoms with Crippen LogP contribution >= 0.6 is 0 Å². The van der Waals surface area contributed by atoms with Crippen molar-refractivity contribution in [3.05, 3.63) is 47.9 Å². The Bertz CT molecular complexity index is 1070. The Morgan fingerprint density at radius 2 is 2.04 bits per heavy atom. The van der Waals surface area contributed by atoms with Crippen LogP contribution in [0.15, 0.2) is 36.5 Å². The summed E-state index contributed by atoms with van der Waals surface area (Å²) in [7, 11) is 0. The molecule has 0 aliphatic heterocycles. The molecule has 0 atom stereocenters. The molecule has 146 valence electrons. The zero-order valence-electron chi connectivity index (χ0n) is 16.5. The number of rotatable bonds is 9. The van der Waals surface area contributed by atoms with Gasteiger partial charge in [0.2, 0.25) is 0 Å². The summed E-state index contributed by atoms with van der Waals surface area (Å²) < 4.78 is 5.51. The van der Waals surface area contributed by atoms with Gasteiger partial charge in [-0.25, -0.2) is 9.97 Å². The minimum absolute atomic E-state index is 0.751. The van der Waals surface area contributed by atoms with E-state index in [1.807, 2.05) is 19.2 Å². The smallest absolute Gasteiger partial charge is 0.178 e. The fourth-order valence-electron chi connectivity index (χ4n) is 3.47. The summed E-state index contributed by atoms with van der Waals surface area (Å²) in [6.45, 7) is 7.60. The first-order chi connectivity index (χ1) is 13.7. The number of pyridine rings is 1. The Hall–Kier alpha value is -2.70. The van der Waals surface area contributed by atoms with Gasteiger partial charge in [-0.1, -0.05) is 13.0 Å². The number of hydrogen-bond donors (Lipinski definition) is 3. The van der Waals surface area contributed by atoms with Crippen molar-refractivity contribution >= 4 is 22.1 Å². The Morgan fingerprint density at radius 3 is 2.93 bits per heavy atom. The molecule has 3 aromatic heterocycles. The van der Waals surface area contributed by atoms with Gasteiger partial charge in [0, 0.05) is 48.1 Å². The highest BCUT2D eigenvalue weighted by Crippen LogP contribution is 2.29. The van der Waals surface area contributed by atoms with E-state index in [1.165, 1.54) is 10.9 Å². The van der Waals surface area contributed by atoms with Gasteiger partial charge in [0.1, 0.15) is 5.82 Å². The first kappa shape index (κ1) is 18.7. The SMILES string of the molecule is CCCOCCCNCc1ccc2[nH]c(-c3ccnc4nc(C)[nH]c34)cc2c1. The maximum Gasteiger partial charge on any atom is 0.178 e. The predicted octanol–water partition coefficient (Wildman–Crippen LogP) is 4.32. The van der Waals surface area contributed by atoms with E-state index in [2.05, 4.69) is 56.4 Å². The maximum absolute atomic E-state index is 5.51. The van der Waals surface area contributed by atoms with E-state index in [1.54, 1.807) is 0 Å². The van der Waals surface area contributed by atoms with Crippen molar-refractivity contribution in [3.63, 3.8) is 0 Å². The number of aromatic amines is 2. The number of aryl methyl sites for hydroxylation is 1. The van der Waals surface area contributed by atoms with E-state index in [-0.39, 0.29) is 0 Å². The van der Waals surface area contributed by atoms with E-state index in [0.717, 1.165) is 72.9 Å². The van der Waals surface area contributed by atoms with E-state index >= 15 is 0 Å². The number of hydrogen-bond acceptors (Lipinski definition) is 4. The lowest BCUT2D eigenvalue weighted by molar-refractivity contribution is 0.132. The third-order valence-electron chi connectivity index (χ3n) is 4.81. The van der Waals surface area contributed by atoms with Crippen molar-refractivity contribution in [1.82, 2.24) is 25.3 Å². The van der Waals surface area contributed by atoms with Crippen LogP contribution in [0.5, 0.6) is 0 Å². The molecule has 0 saturated carbocycles. The zero-order valence-corrected chi connectivity index (χ0v) is 16.5.